The molecule has 0 radical (unpaired) electrons. The van der Waals surface area contributed by atoms with Crippen LogP contribution in [0.15, 0.2) is 35.6 Å². The van der Waals surface area contributed by atoms with Gasteiger partial charge in [-0.25, -0.2) is 9.67 Å². The Morgan fingerprint density at radius 2 is 2.17 bits per heavy atom. The molecule has 1 atom stereocenters. The highest BCUT2D eigenvalue weighted by atomic mass is 127. The fraction of sp³-hybridized carbons (Fsp3) is 0.571. The van der Waals surface area contributed by atoms with E-state index in [0.717, 1.165) is 43.5 Å². The smallest absolute Gasteiger partial charge is 0.191 e. The van der Waals surface area contributed by atoms with Crippen LogP contribution in [-0.4, -0.2) is 47.5 Å². The topological polar surface area (TPSA) is 76.4 Å². The molecule has 1 aromatic carbocycles. The third kappa shape index (κ3) is 4.84. The number of aliphatic imine (C=N–C) groups is 1. The van der Waals surface area contributed by atoms with Gasteiger partial charge >= 0.3 is 0 Å². The first kappa shape index (κ1) is 21.9. The molecule has 1 aliphatic carbocycles. The van der Waals surface area contributed by atoms with Crippen LogP contribution in [0.5, 0.6) is 5.75 Å². The lowest BCUT2D eigenvalue weighted by molar-refractivity contribution is 0.385. The van der Waals surface area contributed by atoms with Crippen molar-refractivity contribution in [3.05, 3.63) is 42.0 Å². The molecule has 0 amide bonds. The van der Waals surface area contributed by atoms with E-state index in [1.807, 2.05) is 17.8 Å². The summed E-state index contributed by atoms with van der Waals surface area (Å²) in [5.74, 6) is 2.86. The first-order chi connectivity index (χ1) is 13.7. The van der Waals surface area contributed by atoms with Gasteiger partial charge in [-0.15, -0.1) is 24.0 Å². The fourth-order valence-electron chi connectivity index (χ4n) is 4.57. The maximum Gasteiger partial charge on any atom is 0.191 e. The Morgan fingerprint density at radius 3 is 2.93 bits per heavy atom. The highest BCUT2D eigenvalue weighted by Crippen LogP contribution is 2.41. The van der Waals surface area contributed by atoms with Gasteiger partial charge in [0.1, 0.15) is 17.9 Å². The van der Waals surface area contributed by atoms with Gasteiger partial charge < -0.3 is 15.4 Å². The number of benzene rings is 1. The summed E-state index contributed by atoms with van der Waals surface area (Å²) in [5.41, 5.74) is 1.50. The van der Waals surface area contributed by atoms with Crippen molar-refractivity contribution in [2.45, 2.75) is 56.5 Å². The van der Waals surface area contributed by atoms with Gasteiger partial charge in [-0.2, -0.15) is 5.10 Å². The summed E-state index contributed by atoms with van der Waals surface area (Å²) >= 11 is 0. The summed E-state index contributed by atoms with van der Waals surface area (Å²) in [6, 6.07) is 8.85. The van der Waals surface area contributed by atoms with Crippen molar-refractivity contribution in [2.24, 2.45) is 4.99 Å². The predicted molar refractivity (Wildman–Crippen MR) is 125 cm³/mol. The van der Waals surface area contributed by atoms with E-state index >= 15 is 0 Å². The van der Waals surface area contributed by atoms with Crippen LogP contribution in [0.25, 0.3) is 0 Å². The molecular weight excluding hydrogens is 479 g/mol. The summed E-state index contributed by atoms with van der Waals surface area (Å²) in [5, 5.41) is 11.5. The van der Waals surface area contributed by atoms with Gasteiger partial charge in [0.2, 0.25) is 0 Å². The number of aryl methyl sites for hydroxylation is 1. The van der Waals surface area contributed by atoms with Crippen LogP contribution in [0.1, 0.15) is 43.5 Å². The van der Waals surface area contributed by atoms with Crippen LogP contribution in [0, 0.1) is 0 Å². The average molecular weight is 510 g/mol. The summed E-state index contributed by atoms with van der Waals surface area (Å²) in [7, 11) is 3.57. The second-order valence-corrected chi connectivity index (χ2v) is 7.88. The minimum atomic E-state index is 0. The molecule has 0 bridgehead atoms. The molecule has 1 fully saturated rings. The van der Waals surface area contributed by atoms with E-state index in [0.29, 0.717) is 6.04 Å². The lowest BCUT2D eigenvalue weighted by Gasteiger charge is -2.32. The number of fused-ring (bicyclic) bond motifs is 1. The van der Waals surface area contributed by atoms with Crippen molar-refractivity contribution < 1.29 is 4.74 Å². The molecule has 1 unspecified atom stereocenters. The van der Waals surface area contributed by atoms with E-state index in [2.05, 4.69) is 43.9 Å². The first-order valence-corrected chi connectivity index (χ1v) is 10.2. The van der Waals surface area contributed by atoms with Gasteiger partial charge in [0.15, 0.2) is 5.96 Å². The number of ether oxygens (including phenoxy) is 1. The second kappa shape index (κ2) is 9.77. The summed E-state index contributed by atoms with van der Waals surface area (Å²) in [4.78, 5) is 8.77. The SMILES string of the molecule is CN=C(NCC1(c2cccc(OC)c2)CCCC1)NC1CCc2ncnn2C1.I. The molecular formula is C21H31IN6O. The van der Waals surface area contributed by atoms with E-state index in [1.165, 1.54) is 31.2 Å². The van der Waals surface area contributed by atoms with E-state index in [1.54, 1.807) is 13.4 Å². The predicted octanol–water partition coefficient (Wildman–Crippen LogP) is 2.90. The lowest BCUT2D eigenvalue weighted by atomic mass is 9.78. The minimum absolute atomic E-state index is 0. The normalized spacial score (nSPS) is 20.5. The number of nitrogens with zero attached hydrogens (tertiary/aromatic N) is 4. The van der Waals surface area contributed by atoms with Gasteiger partial charge in [-0.1, -0.05) is 25.0 Å². The number of halogens is 1. The number of rotatable bonds is 5. The molecule has 2 aromatic rings. The molecule has 29 heavy (non-hydrogen) atoms. The third-order valence-electron chi connectivity index (χ3n) is 6.21. The summed E-state index contributed by atoms with van der Waals surface area (Å²) in [6.45, 7) is 1.71. The zero-order chi connectivity index (χ0) is 19.4. The van der Waals surface area contributed by atoms with Crippen LogP contribution in [-0.2, 0) is 18.4 Å². The van der Waals surface area contributed by atoms with Gasteiger partial charge in [-0.05, 0) is 37.0 Å². The minimum Gasteiger partial charge on any atom is -0.497 e. The molecule has 7 nitrogen and oxygen atoms in total. The van der Waals surface area contributed by atoms with Crippen LogP contribution in [0.3, 0.4) is 0 Å². The van der Waals surface area contributed by atoms with Crippen LogP contribution in [0.2, 0.25) is 0 Å². The monoisotopic (exact) mass is 510 g/mol. The molecule has 0 saturated heterocycles. The standard InChI is InChI=1S/C21H30N6O.HI/c1-22-20(26-17-8-9-19-24-15-25-27(19)13-17)23-14-21(10-3-4-11-21)16-6-5-7-18(12-16)28-2;/h5-7,12,15,17H,3-4,8-11,13-14H2,1-2H3,(H2,22,23,26);1H. The van der Waals surface area contributed by atoms with Crippen molar-refractivity contribution in [2.75, 3.05) is 20.7 Å². The van der Waals surface area contributed by atoms with Crippen molar-refractivity contribution >= 4 is 29.9 Å². The highest BCUT2D eigenvalue weighted by molar-refractivity contribution is 14.0. The summed E-state index contributed by atoms with van der Waals surface area (Å²) < 4.78 is 7.45. The number of guanidine groups is 1. The lowest BCUT2D eigenvalue weighted by Crippen LogP contribution is -2.50. The van der Waals surface area contributed by atoms with Crippen molar-refractivity contribution in [1.82, 2.24) is 25.4 Å². The Hall–Kier alpha value is -1.84. The molecule has 1 aliphatic heterocycles. The summed E-state index contributed by atoms with van der Waals surface area (Å²) in [6.07, 6.45) is 8.54. The third-order valence-corrected chi connectivity index (χ3v) is 6.21. The van der Waals surface area contributed by atoms with Gasteiger partial charge in [0, 0.05) is 31.5 Å². The Kier molecular flexibility index (Phi) is 7.37. The Labute approximate surface area is 189 Å². The zero-order valence-corrected chi connectivity index (χ0v) is 19.6. The number of hydrogen-bond acceptors (Lipinski definition) is 4. The van der Waals surface area contributed by atoms with Crippen molar-refractivity contribution in [3.63, 3.8) is 0 Å². The molecule has 2 aliphatic rings. The Morgan fingerprint density at radius 1 is 1.34 bits per heavy atom. The maximum absolute atomic E-state index is 5.46. The first-order valence-electron chi connectivity index (χ1n) is 10.2. The van der Waals surface area contributed by atoms with E-state index < -0.39 is 0 Å². The molecule has 2 N–H and O–H groups in total. The molecule has 0 spiro atoms. The molecule has 1 saturated carbocycles. The fourth-order valence-corrected chi connectivity index (χ4v) is 4.57. The largest absolute Gasteiger partial charge is 0.497 e. The van der Waals surface area contributed by atoms with E-state index in [-0.39, 0.29) is 29.4 Å². The molecule has 8 heteroatoms. The van der Waals surface area contributed by atoms with Crippen molar-refractivity contribution in [3.8, 4) is 5.75 Å². The van der Waals surface area contributed by atoms with Crippen molar-refractivity contribution in [1.29, 1.82) is 0 Å². The molecule has 2 heterocycles. The molecule has 4 rings (SSSR count). The van der Waals surface area contributed by atoms with E-state index in [4.69, 9.17) is 4.74 Å². The van der Waals surface area contributed by atoms with Crippen LogP contribution < -0.4 is 15.4 Å². The highest BCUT2D eigenvalue weighted by Gasteiger charge is 2.36. The van der Waals surface area contributed by atoms with Gasteiger partial charge in [-0.3, -0.25) is 4.99 Å². The van der Waals surface area contributed by atoms with Crippen LogP contribution in [0.4, 0.5) is 0 Å². The number of aromatic nitrogens is 3. The number of methoxy groups -OCH3 is 1. The maximum atomic E-state index is 5.46. The Balaban J connectivity index is 0.00000240. The average Bonchev–Trinajstić information content (AvgIpc) is 3.41. The second-order valence-electron chi connectivity index (χ2n) is 7.88. The number of nitrogens with one attached hydrogen (secondary N) is 2. The van der Waals surface area contributed by atoms with Gasteiger partial charge in [0.25, 0.3) is 0 Å². The van der Waals surface area contributed by atoms with E-state index in [9.17, 15) is 0 Å². The number of hydrogen-bond donors (Lipinski definition) is 2. The molecule has 1 aromatic heterocycles. The zero-order valence-electron chi connectivity index (χ0n) is 17.2. The van der Waals surface area contributed by atoms with Gasteiger partial charge in [0.05, 0.1) is 13.7 Å². The quantitative estimate of drug-likeness (QED) is 0.368. The molecule has 158 valence electrons. The Bertz CT molecular complexity index is 830. The van der Waals surface area contributed by atoms with Crippen LogP contribution >= 0.6 is 24.0 Å².